The highest BCUT2D eigenvalue weighted by Crippen LogP contribution is 2.20. The lowest BCUT2D eigenvalue weighted by molar-refractivity contribution is -0.119. The highest BCUT2D eigenvalue weighted by Gasteiger charge is 2.27. The topological polar surface area (TPSA) is 80.5 Å². The third kappa shape index (κ3) is 4.15. The van der Waals surface area contributed by atoms with Crippen molar-refractivity contribution in [2.45, 2.75) is 26.8 Å². The second-order valence-corrected chi connectivity index (χ2v) is 6.33. The number of morpholine rings is 1. The summed E-state index contributed by atoms with van der Waals surface area (Å²) in [7, 11) is 0. The molecule has 1 aromatic rings. The molecule has 3 N–H and O–H groups in total. The van der Waals surface area contributed by atoms with Crippen molar-refractivity contribution in [2.24, 2.45) is 11.1 Å². The van der Waals surface area contributed by atoms with E-state index in [1.807, 2.05) is 26.8 Å². The van der Waals surface area contributed by atoms with Crippen LogP contribution in [-0.4, -0.2) is 43.2 Å². The minimum absolute atomic E-state index is 0.214. The van der Waals surface area contributed by atoms with Gasteiger partial charge in [-0.05, 0) is 17.5 Å². The summed E-state index contributed by atoms with van der Waals surface area (Å²) < 4.78 is 5.32. The van der Waals surface area contributed by atoms with Crippen molar-refractivity contribution in [1.82, 2.24) is 4.98 Å². The van der Waals surface area contributed by atoms with E-state index in [9.17, 15) is 4.79 Å². The number of carbonyl (C=O) groups excluding carboxylic acids is 1. The van der Waals surface area contributed by atoms with Crippen molar-refractivity contribution < 1.29 is 9.53 Å². The number of hydrogen-bond donors (Lipinski definition) is 2. The van der Waals surface area contributed by atoms with Gasteiger partial charge in [0.25, 0.3) is 0 Å². The van der Waals surface area contributed by atoms with Crippen LogP contribution in [0, 0.1) is 5.41 Å². The Morgan fingerprint density at radius 1 is 1.38 bits per heavy atom. The molecular formula is C15H24N4O2. The van der Waals surface area contributed by atoms with Crippen LogP contribution in [0.4, 0.5) is 11.5 Å². The lowest BCUT2D eigenvalue weighted by Crippen LogP contribution is -2.45. The summed E-state index contributed by atoms with van der Waals surface area (Å²) in [6.07, 6.45) is 1.77. The van der Waals surface area contributed by atoms with Gasteiger partial charge in [-0.1, -0.05) is 20.8 Å². The lowest BCUT2D eigenvalue weighted by Gasteiger charge is -2.28. The minimum atomic E-state index is -0.571. The molecule has 1 aliphatic heterocycles. The minimum Gasteiger partial charge on any atom is -0.378 e. The molecule has 1 aromatic heterocycles. The van der Waals surface area contributed by atoms with Crippen molar-refractivity contribution in [1.29, 1.82) is 0 Å². The molecule has 6 nitrogen and oxygen atoms in total. The maximum atomic E-state index is 12.0. The zero-order valence-electron chi connectivity index (χ0n) is 12.9. The fourth-order valence-corrected chi connectivity index (χ4v) is 2.07. The third-order valence-electron chi connectivity index (χ3n) is 3.59. The van der Waals surface area contributed by atoms with E-state index in [0.29, 0.717) is 5.82 Å². The average Bonchev–Trinajstić information content (AvgIpc) is 2.47. The number of anilines is 2. The number of nitrogens with one attached hydrogen (secondary N) is 1. The molecule has 0 saturated carbocycles. The summed E-state index contributed by atoms with van der Waals surface area (Å²) in [4.78, 5) is 18.5. The van der Waals surface area contributed by atoms with Crippen molar-refractivity contribution in [3.05, 3.63) is 18.3 Å². The molecule has 6 heteroatoms. The molecule has 116 valence electrons. The molecule has 0 aliphatic carbocycles. The smallest absolute Gasteiger partial charge is 0.242 e. The SMILES string of the molecule is CC(C)(C)[C@H](N)C(=O)Nc1ccc(N2CCOCC2)cn1. The summed E-state index contributed by atoms with van der Waals surface area (Å²) in [6, 6.07) is 3.19. The predicted octanol–water partition coefficient (Wildman–Crippen LogP) is 1.23. The van der Waals surface area contributed by atoms with E-state index in [2.05, 4.69) is 15.2 Å². The van der Waals surface area contributed by atoms with Gasteiger partial charge in [0.1, 0.15) is 5.82 Å². The highest BCUT2D eigenvalue weighted by atomic mass is 16.5. The molecule has 0 aromatic carbocycles. The van der Waals surface area contributed by atoms with Gasteiger partial charge in [0.2, 0.25) is 5.91 Å². The fourth-order valence-electron chi connectivity index (χ4n) is 2.07. The maximum absolute atomic E-state index is 12.0. The maximum Gasteiger partial charge on any atom is 0.242 e. The first-order valence-electron chi connectivity index (χ1n) is 7.23. The lowest BCUT2D eigenvalue weighted by atomic mass is 9.87. The van der Waals surface area contributed by atoms with E-state index >= 15 is 0 Å². The van der Waals surface area contributed by atoms with E-state index in [1.54, 1.807) is 12.3 Å². The summed E-state index contributed by atoms with van der Waals surface area (Å²) in [5, 5.41) is 2.76. The van der Waals surface area contributed by atoms with Crippen LogP contribution in [0.5, 0.6) is 0 Å². The normalized spacial score (nSPS) is 17.4. The molecule has 0 unspecified atom stereocenters. The molecule has 21 heavy (non-hydrogen) atoms. The van der Waals surface area contributed by atoms with Crippen LogP contribution in [0.2, 0.25) is 0 Å². The first-order valence-corrected chi connectivity index (χ1v) is 7.23. The van der Waals surface area contributed by atoms with Crippen LogP contribution in [0.1, 0.15) is 20.8 Å². The van der Waals surface area contributed by atoms with Crippen LogP contribution < -0.4 is 16.0 Å². The Morgan fingerprint density at radius 3 is 2.57 bits per heavy atom. The monoisotopic (exact) mass is 292 g/mol. The fraction of sp³-hybridized carbons (Fsp3) is 0.600. The van der Waals surface area contributed by atoms with E-state index < -0.39 is 6.04 Å². The highest BCUT2D eigenvalue weighted by molar-refractivity contribution is 5.94. The van der Waals surface area contributed by atoms with Crippen molar-refractivity contribution >= 4 is 17.4 Å². The summed E-state index contributed by atoms with van der Waals surface area (Å²) in [6.45, 7) is 9.01. The van der Waals surface area contributed by atoms with Crippen molar-refractivity contribution in [3.8, 4) is 0 Å². The molecule has 1 fully saturated rings. The van der Waals surface area contributed by atoms with Crippen LogP contribution in [0.3, 0.4) is 0 Å². The van der Waals surface area contributed by atoms with Crippen molar-refractivity contribution in [2.75, 3.05) is 36.5 Å². The van der Waals surface area contributed by atoms with Crippen molar-refractivity contribution in [3.63, 3.8) is 0 Å². The zero-order chi connectivity index (χ0) is 15.5. The van der Waals surface area contributed by atoms with Crippen LogP contribution >= 0.6 is 0 Å². The predicted molar refractivity (Wildman–Crippen MR) is 83.3 cm³/mol. The number of nitrogens with two attached hydrogens (primary N) is 1. The Kier molecular flexibility index (Phi) is 4.80. The van der Waals surface area contributed by atoms with Gasteiger partial charge in [0.05, 0.1) is 31.1 Å². The van der Waals surface area contributed by atoms with Gasteiger partial charge in [-0.25, -0.2) is 4.98 Å². The molecule has 1 amide bonds. The number of aromatic nitrogens is 1. The van der Waals surface area contributed by atoms with Gasteiger partial charge in [0, 0.05) is 13.1 Å². The molecule has 0 radical (unpaired) electrons. The number of rotatable bonds is 3. The number of carbonyl (C=O) groups is 1. The molecule has 1 aliphatic rings. The first kappa shape index (κ1) is 15.7. The van der Waals surface area contributed by atoms with Crippen LogP contribution in [0.15, 0.2) is 18.3 Å². The number of nitrogens with zero attached hydrogens (tertiary/aromatic N) is 2. The molecule has 2 heterocycles. The quantitative estimate of drug-likeness (QED) is 0.876. The van der Waals surface area contributed by atoms with Gasteiger partial charge >= 0.3 is 0 Å². The number of pyridine rings is 1. The number of hydrogen-bond acceptors (Lipinski definition) is 5. The Balaban J connectivity index is 1.97. The second kappa shape index (κ2) is 6.41. The zero-order valence-corrected chi connectivity index (χ0v) is 12.9. The molecule has 1 atom stereocenters. The van der Waals surface area contributed by atoms with Gasteiger partial charge in [-0.15, -0.1) is 0 Å². The molecule has 2 rings (SSSR count). The molecule has 0 bridgehead atoms. The standard InChI is InChI=1S/C15H24N4O2/c1-15(2,3)13(16)14(20)18-12-5-4-11(10-17-12)19-6-8-21-9-7-19/h4-5,10,13H,6-9,16H2,1-3H3,(H,17,18,20)/t13-/m1/s1. The first-order chi connectivity index (χ1) is 9.88. The largest absolute Gasteiger partial charge is 0.378 e. The molecular weight excluding hydrogens is 268 g/mol. The summed E-state index contributed by atoms with van der Waals surface area (Å²) >= 11 is 0. The van der Waals surface area contributed by atoms with E-state index in [1.165, 1.54) is 0 Å². The summed E-state index contributed by atoms with van der Waals surface area (Å²) in [5.41, 5.74) is 6.69. The van der Waals surface area contributed by atoms with Gasteiger partial charge in [0.15, 0.2) is 0 Å². The van der Waals surface area contributed by atoms with Gasteiger partial charge < -0.3 is 20.7 Å². The van der Waals surface area contributed by atoms with Gasteiger partial charge in [-0.3, -0.25) is 4.79 Å². The van der Waals surface area contributed by atoms with Gasteiger partial charge in [-0.2, -0.15) is 0 Å². The Hall–Kier alpha value is -1.66. The van der Waals surface area contributed by atoms with Crippen LogP contribution in [0.25, 0.3) is 0 Å². The van der Waals surface area contributed by atoms with Crippen LogP contribution in [-0.2, 0) is 9.53 Å². The Labute approximate surface area is 125 Å². The summed E-state index contributed by atoms with van der Waals surface area (Å²) in [5.74, 6) is 0.311. The van der Waals surface area contributed by atoms with E-state index in [0.717, 1.165) is 32.0 Å². The second-order valence-electron chi connectivity index (χ2n) is 6.33. The third-order valence-corrected chi connectivity index (χ3v) is 3.59. The Morgan fingerprint density at radius 2 is 2.05 bits per heavy atom. The number of amides is 1. The molecule has 1 saturated heterocycles. The molecule has 0 spiro atoms. The Bertz CT molecular complexity index is 475. The average molecular weight is 292 g/mol. The number of ether oxygens (including phenoxy) is 1. The van der Waals surface area contributed by atoms with E-state index in [4.69, 9.17) is 10.5 Å². The van der Waals surface area contributed by atoms with E-state index in [-0.39, 0.29) is 11.3 Å².